The molecule has 14 heavy (non-hydrogen) atoms. The highest BCUT2D eigenvalue weighted by atomic mass is 35.5. The van der Waals surface area contributed by atoms with Gasteiger partial charge in [0.15, 0.2) is 0 Å². The second-order valence-corrected chi connectivity index (χ2v) is 3.02. The minimum Gasteiger partial charge on any atom is -0.480 e. The quantitative estimate of drug-likeness (QED) is 0.793. The predicted octanol–water partition coefficient (Wildman–Crippen LogP) is 1.51. The van der Waals surface area contributed by atoms with Crippen molar-refractivity contribution in [3.05, 3.63) is 35.6 Å². The number of carboxylic acids is 1. The van der Waals surface area contributed by atoms with Crippen molar-refractivity contribution in [2.24, 2.45) is 5.73 Å². The first-order valence-electron chi connectivity index (χ1n) is 3.73. The Bertz CT molecular complexity index is 341. The Morgan fingerprint density at radius 2 is 2.14 bits per heavy atom. The van der Waals surface area contributed by atoms with Gasteiger partial charge in [0.2, 0.25) is 0 Å². The smallest absolute Gasteiger partial charge is 0.328 e. The summed E-state index contributed by atoms with van der Waals surface area (Å²) in [6.45, 7) is 1.32. The van der Waals surface area contributed by atoms with Crippen LogP contribution in [0.3, 0.4) is 0 Å². The molecule has 3 nitrogen and oxygen atoms in total. The molecule has 1 aromatic rings. The molecule has 78 valence electrons. The van der Waals surface area contributed by atoms with Gasteiger partial charge < -0.3 is 10.8 Å². The average Bonchev–Trinajstić information content (AvgIpc) is 2.04. The fraction of sp³-hybridized carbons (Fsp3) is 0.222. The van der Waals surface area contributed by atoms with Crippen molar-refractivity contribution in [1.82, 2.24) is 0 Å². The topological polar surface area (TPSA) is 63.3 Å². The molecule has 1 rings (SSSR count). The van der Waals surface area contributed by atoms with Crippen LogP contribution >= 0.6 is 12.4 Å². The van der Waals surface area contributed by atoms with Crippen molar-refractivity contribution in [3.8, 4) is 0 Å². The fourth-order valence-electron chi connectivity index (χ4n) is 0.935. The van der Waals surface area contributed by atoms with E-state index in [0.717, 1.165) is 6.07 Å². The molecule has 0 saturated heterocycles. The van der Waals surface area contributed by atoms with Crippen molar-refractivity contribution >= 4 is 18.4 Å². The summed E-state index contributed by atoms with van der Waals surface area (Å²) in [5.41, 5.74) is 4.19. The monoisotopic (exact) mass is 219 g/mol. The number of carboxylic acid groups (broad SMARTS) is 1. The zero-order valence-corrected chi connectivity index (χ0v) is 8.34. The molecule has 0 unspecified atom stereocenters. The third kappa shape index (κ3) is 2.43. The molecule has 0 aromatic heterocycles. The fourth-order valence-corrected chi connectivity index (χ4v) is 0.935. The van der Waals surface area contributed by atoms with Gasteiger partial charge >= 0.3 is 5.97 Å². The molecule has 0 aliphatic heterocycles. The number of hydrogen-bond donors (Lipinski definition) is 2. The van der Waals surface area contributed by atoms with Gasteiger partial charge in [-0.3, -0.25) is 0 Å². The van der Waals surface area contributed by atoms with Crippen LogP contribution in [0.15, 0.2) is 24.3 Å². The summed E-state index contributed by atoms with van der Waals surface area (Å²) < 4.78 is 12.7. The Labute approximate surface area is 87.1 Å². The lowest BCUT2D eigenvalue weighted by Gasteiger charge is -2.19. The van der Waals surface area contributed by atoms with E-state index in [-0.39, 0.29) is 18.0 Å². The molecule has 0 fully saturated rings. The molecule has 1 aromatic carbocycles. The molecule has 1 atom stereocenters. The maximum atomic E-state index is 12.7. The first-order valence-corrected chi connectivity index (χ1v) is 3.73. The summed E-state index contributed by atoms with van der Waals surface area (Å²) >= 11 is 0. The standard InChI is InChI=1S/C9H10FNO2.ClH/c1-9(11,8(12)13)6-3-2-4-7(10)5-6;/h2-5H,11H2,1H3,(H,12,13);1H/t9-;/m1./s1. The van der Waals surface area contributed by atoms with Crippen molar-refractivity contribution in [3.63, 3.8) is 0 Å². The van der Waals surface area contributed by atoms with Gasteiger partial charge in [-0.2, -0.15) is 0 Å². The summed E-state index contributed by atoms with van der Waals surface area (Å²) in [4.78, 5) is 10.7. The lowest BCUT2D eigenvalue weighted by molar-refractivity contribution is -0.143. The van der Waals surface area contributed by atoms with E-state index in [1.807, 2.05) is 0 Å². The molecule has 5 heteroatoms. The van der Waals surface area contributed by atoms with Crippen LogP contribution in [0.5, 0.6) is 0 Å². The van der Waals surface area contributed by atoms with Gasteiger partial charge in [-0.05, 0) is 24.6 Å². The number of hydrogen-bond acceptors (Lipinski definition) is 2. The van der Waals surface area contributed by atoms with Gasteiger partial charge in [0.25, 0.3) is 0 Å². The number of carbonyl (C=O) groups is 1. The van der Waals surface area contributed by atoms with Gasteiger partial charge in [-0.25, -0.2) is 9.18 Å². The second kappa shape index (κ2) is 4.39. The Morgan fingerprint density at radius 1 is 1.57 bits per heavy atom. The van der Waals surface area contributed by atoms with Crippen LogP contribution in [0.1, 0.15) is 12.5 Å². The molecular formula is C9H11ClFNO2. The summed E-state index contributed by atoms with van der Waals surface area (Å²) in [5.74, 6) is -1.67. The molecular weight excluding hydrogens is 209 g/mol. The molecule has 0 bridgehead atoms. The minimum absolute atomic E-state index is 0. The third-order valence-electron chi connectivity index (χ3n) is 1.87. The highest BCUT2D eigenvalue weighted by molar-refractivity contribution is 5.85. The summed E-state index contributed by atoms with van der Waals surface area (Å²) in [6.07, 6.45) is 0. The first-order chi connectivity index (χ1) is 5.94. The largest absolute Gasteiger partial charge is 0.480 e. The van der Waals surface area contributed by atoms with Gasteiger partial charge in [0.05, 0.1) is 0 Å². The lowest BCUT2D eigenvalue weighted by Crippen LogP contribution is -2.41. The van der Waals surface area contributed by atoms with Crippen LogP contribution in [0, 0.1) is 5.82 Å². The van der Waals surface area contributed by atoms with E-state index < -0.39 is 17.3 Å². The zero-order chi connectivity index (χ0) is 10.1. The molecule has 0 radical (unpaired) electrons. The van der Waals surface area contributed by atoms with E-state index in [4.69, 9.17) is 10.8 Å². The zero-order valence-electron chi connectivity index (χ0n) is 7.53. The van der Waals surface area contributed by atoms with Crippen molar-refractivity contribution in [1.29, 1.82) is 0 Å². The molecule has 0 aliphatic rings. The summed E-state index contributed by atoms with van der Waals surface area (Å²) in [7, 11) is 0. The average molecular weight is 220 g/mol. The molecule has 0 heterocycles. The normalized spacial score (nSPS) is 13.9. The number of nitrogens with two attached hydrogens (primary N) is 1. The predicted molar refractivity (Wildman–Crippen MR) is 52.8 cm³/mol. The van der Waals surface area contributed by atoms with E-state index in [9.17, 15) is 9.18 Å². The van der Waals surface area contributed by atoms with Crippen molar-refractivity contribution in [2.45, 2.75) is 12.5 Å². The second-order valence-electron chi connectivity index (χ2n) is 3.02. The number of benzene rings is 1. The van der Waals surface area contributed by atoms with E-state index in [1.165, 1.54) is 25.1 Å². The first kappa shape index (κ1) is 12.9. The molecule has 0 saturated carbocycles. The van der Waals surface area contributed by atoms with Crippen molar-refractivity contribution in [2.75, 3.05) is 0 Å². The van der Waals surface area contributed by atoms with Gasteiger partial charge in [0.1, 0.15) is 11.4 Å². The van der Waals surface area contributed by atoms with Crippen LogP contribution in [0.4, 0.5) is 4.39 Å². The lowest BCUT2D eigenvalue weighted by atomic mass is 9.93. The Morgan fingerprint density at radius 3 is 2.57 bits per heavy atom. The molecule has 0 aliphatic carbocycles. The molecule has 0 amide bonds. The van der Waals surface area contributed by atoms with Crippen LogP contribution in [0.25, 0.3) is 0 Å². The maximum Gasteiger partial charge on any atom is 0.328 e. The number of halogens is 2. The summed E-state index contributed by atoms with van der Waals surface area (Å²) in [5, 5.41) is 8.74. The highest BCUT2D eigenvalue weighted by Gasteiger charge is 2.30. The maximum absolute atomic E-state index is 12.7. The Balaban J connectivity index is 0.00000169. The Kier molecular flexibility index (Phi) is 4.04. The third-order valence-corrected chi connectivity index (χ3v) is 1.87. The van der Waals surface area contributed by atoms with E-state index in [0.29, 0.717) is 0 Å². The number of aliphatic carboxylic acids is 1. The van der Waals surface area contributed by atoms with Crippen LogP contribution in [0.2, 0.25) is 0 Å². The summed E-state index contributed by atoms with van der Waals surface area (Å²) in [6, 6.07) is 5.27. The SMILES string of the molecule is C[C@](N)(C(=O)O)c1cccc(F)c1.Cl. The van der Waals surface area contributed by atoms with Gasteiger partial charge in [-0.1, -0.05) is 12.1 Å². The Hall–Kier alpha value is -1.13. The van der Waals surface area contributed by atoms with Crippen LogP contribution in [-0.4, -0.2) is 11.1 Å². The molecule has 0 spiro atoms. The minimum atomic E-state index is -1.54. The van der Waals surface area contributed by atoms with Crippen LogP contribution < -0.4 is 5.73 Å². The number of rotatable bonds is 2. The molecule has 3 N–H and O–H groups in total. The highest BCUT2D eigenvalue weighted by Crippen LogP contribution is 2.18. The van der Waals surface area contributed by atoms with E-state index >= 15 is 0 Å². The van der Waals surface area contributed by atoms with Crippen LogP contribution in [-0.2, 0) is 10.3 Å². The van der Waals surface area contributed by atoms with E-state index in [1.54, 1.807) is 0 Å². The van der Waals surface area contributed by atoms with Crippen molar-refractivity contribution < 1.29 is 14.3 Å². The van der Waals surface area contributed by atoms with E-state index in [2.05, 4.69) is 0 Å². The van der Waals surface area contributed by atoms with Gasteiger partial charge in [0, 0.05) is 0 Å². The van der Waals surface area contributed by atoms with Gasteiger partial charge in [-0.15, -0.1) is 12.4 Å².